The molecule has 0 aliphatic heterocycles. The molecule has 0 heterocycles. The summed E-state index contributed by atoms with van der Waals surface area (Å²) in [6.45, 7) is 0.927. The molecule has 0 saturated heterocycles. The van der Waals surface area contributed by atoms with E-state index in [0.717, 1.165) is 16.8 Å². The fraction of sp³-hybridized carbons (Fsp3) is 0.200. The van der Waals surface area contributed by atoms with Gasteiger partial charge in [-0.15, -0.1) is 11.8 Å². The molecule has 2 aromatic rings. The van der Waals surface area contributed by atoms with Gasteiger partial charge in [-0.2, -0.15) is 0 Å². The summed E-state index contributed by atoms with van der Waals surface area (Å²) < 4.78 is 1.14. The third-order valence-corrected chi connectivity index (χ3v) is 4.18. The highest BCUT2D eigenvalue weighted by Gasteiger charge is 1.98. The Labute approximate surface area is 121 Å². The average molecular weight is 322 g/mol. The molecule has 0 bridgehead atoms. The Balaban J connectivity index is 1.93. The summed E-state index contributed by atoms with van der Waals surface area (Å²) in [7, 11) is 1.97. The molecule has 2 rings (SSSR count). The van der Waals surface area contributed by atoms with Gasteiger partial charge in [-0.3, -0.25) is 0 Å². The Morgan fingerprint density at radius 2 is 1.83 bits per heavy atom. The predicted molar refractivity (Wildman–Crippen MR) is 82.9 cm³/mol. The number of thioether (sulfide) groups is 1. The monoisotopic (exact) mass is 321 g/mol. The van der Waals surface area contributed by atoms with Crippen LogP contribution in [0.1, 0.15) is 11.1 Å². The SMILES string of the molecule is CNCc1ccc(SCc2cccc(Br)c2)cc1. The standard InChI is InChI=1S/C15H16BrNS/c1-17-10-12-5-7-15(8-6-12)18-11-13-3-2-4-14(16)9-13/h2-9,17H,10-11H2,1H3. The molecule has 0 aliphatic rings. The molecule has 0 unspecified atom stereocenters. The third-order valence-electron chi connectivity index (χ3n) is 2.60. The van der Waals surface area contributed by atoms with Gasteiger partial charge in [0.1, 0.15) is 0 Å². The number of hydrogen-bond donors (Lipinski definition) is 1. The van der Waals surface area contributed by atoms with Crippen molar-refractivity contribution in [2.24, 2.45) is 0 Å². The van der Waals surface area contributed by atoms with Crippen molar-refractivity contribution in [1.29, 1.82) is 0 Å². The van der Waals surface area contributed by atoms with Crippen LogP contribution in [0, 0.1) is 0 Å². The zero-order valence-corrected chi connectivity index (χ0v) is 12.7. The minimum Gasteiger partial charge on any atom is -0.316 e. The van der Waals surface area contributed by atoms with Crippen molar-refractivity contribution in [2.45, 2.75) is 17.2 Å². The summed E-state index contributed by atoms with van der Waals surface area (Å²) in [4.78, 5) is 1.31. The fourth-order valence-electron chi connectivity index (χ4n) is 1.70. The molecule has 94 valence electrons. The number of benzene rings is 2. The van der Waals surface area contributed by atoms with Crippen molar-refractivity contribution < 1.29 is 0 Å². The lowest BCUT2D eigenvalue weighted by molar-refractivity contribution is 0.817. The van der Waals surface area contributed by atoms with Gasteiger partial charge in [0.25, 0.3) is 0 Å². The predicted octanol–water partition coefficient (Wildman–Crippen LogP) is 4.46. The topological polar surface area (TPSA) is 12.0 Å². The first-order valence-electron chi connectivity index (χ1n) is 5.89. The third kappa shape index (κ3) is 4.16. The van der Waals surface area contributed by atoms with Gasteiger partial charge >= 0.3 is 0 Å². The molecule has 0 aliphatic carbocycles. The Morgan fingerprint density at radius 3 is 2.50 bits per heavy atom. The summed E-state index contributed by atoms with van der Waals surface area (Å²) in [6.07, 6.45) is 0. The van der Waals surface area contributed by atoms with E-state index < -0.39 is 0 Å². The lowest BCUT2D eigenvalue weighted by atomic mass is 10.2. The average Bonchev–Trinajstić information content (AvgIpc) is 2.38. The van der Waals surface area contributed by atoms with Crippen LogP contribution in [-0.4, -0.2) is 7.05 Å². The molecule has 18 heavy (non-hydrogen) atoms. The summed E-state index contributed by atoms with van der Waals surface area (Å²) in [6, 6.07) is 17.2. The molecule has 0 radical (unpaired) electrons. The van der Waals surface area contributed by atoms with Crippen molar-refractivity contribution in [3.8, 4) is 0 Å². The molecular weight excluding hydrogens is 306 g/mol. The Hall–Kier alpha value is -0.770. The van der Waals surface area contributed by atoms with Crippen LogP contribution in [-0.2, 0) is 12.3 Å². The molecule has 2 aromatic carbocycles. The first kappa shape index (κ1) is 13.7. The largest absolute Gasteiger partial charge is 0.316 e. The zero-order valence-electron chi connectivity index (χ0n) is 10.3. The van der Waals surface area contributed by atoms with E-state index in [4.69, 9.17) is 0 Å². The molecule has 1 nitrogen and oxygen atoms in total. The van der Waals surface area contributed by atoms with Gasteiger partial charge in [0, 0.05) is 21.7 Å². The summed E-state index contributed by atoms with van der Waals surface area (Å²) >= 11 is 5.37. The van der Waals surface area contributed by atoms with E-state index in [1.807, 2.05) is 18.8 Å². The number of hydrogen-bond acceptors (Lipinski definition) is 2. The quantitative estimate of drug-likeness (QED) is 0.816. The highest BCUT2D eigenvalue weighted by Crippen LogP contribution is 2.24. The van der Waals surface area contributed by atoms with Gasteiger partial charge in [-0.25, -0.2) is 0 Å². The molecular formula is C15H16BrNS. The Bertz CT molecular complexity index is 496. The number of rotatable bonds is 5. The second-order valence-electron chi connectivity index (χ2n) is 4.09. The number of nitrogens with one attached hydrogen (secondary N) is 1. The van der Waals surface area contributed by atoms with Crippen LogP contribution in [0.5, 0.6) is 0 Å². The van der Waals surface area contributed by atoms with Crippen LogP contribution >= 0.6 is 27.7 Å². The van der Waals surface area contributed by atoms with Gasteiger partial charge in [-0.05, 0) is 42.4 Å². The lowest BCUT2D eigenvalue weighted by Gasteiger charge is -2.04. The molecule has 0 aromatic heterocycles. The van der Waals surface area contributed by atoms with Crippen molar-refractivity contribution >= 4 is 27.7 Å². The molecule has 0 amide bonds. The molecule has 0 atom stereocenters. The van der Waals surface area contributed by atoms with Crippen molar-refractivity contribution in [3.63, 3.8) is 0 Å². The van der Waals surface area contributed by atoms with Crippen LogP contribution in [0.15, 0.2) is 57.9 Å². The Kier molecular flexibility index (Phi) is 5.29. The van der Waals surface area contributed by atoms with E-state index >= 15 is 0 Å². The van der Waals surface area contributed by atoms with Crippen LogP contribution < -0.4 is 5.32 Å². The fourth-order valence-corrected chi connectivity index (χ4v) is 2.99. The van der Waals surface area contributed by atoms with Gasteiger partial charge < -0.3 is 5.32 Å². The molecule has 0 fully saturated rings. The van der Waals surface area contributed by atoms with Crippen LogP contribution in [0.4, 0.5) is 0 Å². The van der Waals surface area contributed by atoms with E-state index in [2.05, 4.69) is 69.8 Å². The van der Waals surface area contributed by atoms with Gasteiger partial charge in [-0.1, -0.05) is 40.2 Å². The van der Waals surface area contributed by atoms with Crippen LogP contribution in [0.3, 0.4) is 0 Å². The zero-order chi connectivity index (χ0) is 12.8. The van der Waals surface area contributed by atoms with Crippen molar-refractivity contribution in [2.75, 3.05) is 7.05 Å². The maximum atomic E-state index is 3.50. The molecule has 0 spiro atoms. The highest BCUT2D eigenvalue weighted by atomic mass is 79.9. The highest BCUT2D eigenvalue weighted by molar-refractivity contribution is 9.10. The maximum absolute atomic E-state index is 3.50. The van der Waals surface area contributed by atoms with Gasteiger partial charge in [0.2, 0.25) is 0 Å². The number of halogens is 1. The first-order chi connectivity index (χ1) is 8.78. The Morgan fingerprint density at radius 1 is 1.06 bits per heavy atom. The second kappa shape index (κ2) is 6.98. The van der Waals surface area contributed by atoms with Gasteiger partial charge in [0.15, 0.2) is 0 Å². The molecule has 3 heteroatoms. The first-order valence-corrected chi connectivity index (χ1v) is 7.66. The maximum Gasteiger partial charge on any atom is 0.0232 e. The minimum atomic E-state index is 0.927. The summed E-state index contributed by atoms with van der Waals surface area (Å²) in [5, 5.41) is 3.16. The van der Waals surface area contributed by atoms with Crippen LogP contribution in [0.2, 0.25) is 0 Å². The second-order valence-corrected chi connectivity index (χ2v) is 6.06. The summed E-state index contributed by atoms with van der Waals surface area (Å²) in [5.41, 5.74) is 2.66. The molecule has 0 saturated carbocycles. The van der Waals surface area contributed by atoms with E-state index in [1.165, 1.54) is 16.0 Å². The summed E-state index contributed by atoms with van der Waals surface area (Å²) in [5.74, 6) is 1.00. The van der Waals surface area contributed by atoms with E-state index in [1.54, 1.807) is 0 Å². The van der Waals surface area contributed by atoms with E-state index in [0.29, 0.717) is 0 Å². The van der Waals surface area contributed by atoms with Crippen molar-refractivity contribution in [1.82, 2.24) is 5.32 Å². The van der Waals surface area contributed by atoms with Crippen molar-refractivity contribution in [3.05, 3.63) is 64.1 Å². The lowest BCUT2D eigenvalue weighted by Crippen LogP contribution is -2.04. The minimum absolute atomic E-state index is 0.927. The normalized spacial score (nSPS) is 10.6. The van der Waals surface area contributed by atoms with Gasteiger partial charge in [0.05, 0.1) is 0 Å². The van der Waals surface area contributed by atoms with E-state index in [-0.39, 0.29) is 0 Å². The molecule has 1 N–H and O–H groups in total. The van der Waals surface area contributed by atoms with E-state index in [9.17, 15) is 0 Å². The smallest absolute Gasteiger partial charge is 0.0232 e. The van der Waals surface area contributed by atoms with Crippen LogP contribution in [0.25, 0.3) is 0 Å².